The molecule has 20 heavy (non-hydrogen) atoms. The van der Waals surface area contributed by atoms with Crippen molar-refractivity contribution in [1.29, 1.82) is 0 Å². The summed E-state index contributed by atoms with van der Waals surface area (Å²) in [6.45, 7) is 0.462. The van der Waals surface area contributed by atoms with E-state index in [-0.39, 0.29) is 0 Å². The summed E-state index contributed by atoms with van der Waals surface area (Å²) in [4.78, 5) is 4.38. The first kappa shape index (κ1) is 12.5. The normalized spacial score (nSPS) is 10.4. The van der Waals surface area contributed by atoms with Crippen LogP contribution in [0.4, 0.5) is 0 Å². The fraction of sp³-hybridized carbons (Fsp3) is 0.118. The van der Waals surface area contributed by atoms with Crippen molar-refractivity contribution in [3.8, 4) is 11.5 Å². The number of aromatic nitrogens is 1. The first-order valence-corrected chi connectivity index (χ1v) is 6.46. The summed E-state index contributed by atoms with van der Waals surface area (Å²) in [7, 11) is 1.66. The summed E-state index contributed by atoms with van der Waals surface area (Å²) < 4.78 is 11.1. The minimum absolute atomic E-state index is 0.462. The van der Waals surface area contributed by atoms with E-state index in [2.05, 4.69) is 4.98 Å². The summed E-state index contributed by atoms with van der Waals surface area (Å²) >= 11 is 0. The summed E-state index contributed by atoms with van der Waals surface area (Å²) in [5, 5.41) is 1.07. The predicted molar refractivity (Wildman–Crippen MR) is 79.1 cm³/mol. The smallest absolute Gasteiger partial charge is 0.138 e. The molecule has 3 aromatic rings. The van der Waals surface area contributed by atoms with Crippen LogP contribution in [-0.2, 0) is 6.61 Å². The van der Waals surface area contributed by atoms with Crippen LogP contribution >= 0.6 is 0 Å². The largest absolute Gasteiger partial charge is 0.496 e. The molecule has 0 fully saturated rings. The number of pyridine rings is 1. The first-order valence-electron chi connectivity index (χ1n) is 6.46. The Balaban J connectivity index is 1.79. The quantitative estimate of drug-likeness (QED) is 0.718. The van der Waals surface area contributed by atoms with Crippen LogP contribution in [0.2, 0.25) is 0 Å². The topological polar surface area (TPSA) is 31.4 Å². The average Bonchev–Trinajstić information content (AvgIpc) is 2.53. The molecule has 0 N–H and O–H groups in total. The van der Waals surface area contributed by atoms with Crippen molar-refractivity contribution in [3.63, 3.8) is 0 Å². The Morgan fingerprint density at radius 2 is 1.80 bits per heavy atom. The zero-order valence-electron chi connectivity index (χ0n) is 11.2. The van der Waals surface area contributed by atoms with Gasteiger partial charge in [-0.2, -0.15) is 0 Å². The van der Waals surface area contributed by atoms with Gasteiger partial charge in [-0.25, -0.2) is 0 Å². The van der Waals surface area contributed by atoms with E-state index in [0.717, 1.165) is 28.0 Å². The molecule has 1 aromatic heterocycles. The standard InChI is InChI=1S/C17H15NO2/c1-19-17-9-5-3-7-14(17)12-20-15-10-13-6-2-4-8-16(13)18-11-15/h2-11H,12H2,1H3. The van der Waals surface area contributed by atoms with Crippen LogP contribution < -0.4 is 9.47 Å². The van der Waals surface area contributed by atoms with Crippen LogP contribution in [0.3, 0.4) is 0 Å². The van der Waals surface area contributed by atoms with Crippen molar-refractivity contribution >= 4 is 10.9 Å². The molecule has 3 rings (SSSR count). The number of hydrogen-bond acceptors (Lipinski definition) is 3. The van der Waals surface area contributed by atoms with Crippen molar-refractivity contribution in [1.82, 2.24) is 4.98 Å². The van der Waals surface area contributed by atoms with E-state index in [0.29, 0.717) is 6.61 Å². The van der Waals surface area contributed by atoms with Crippen LogP contribution in [0, 0.1) is 0 Å². The minimum atomic E-state index is 0.462. The lowest BCUT2D eigenvalue weighted by atomic mass is 10.2. The maximum absolute atomic E-state index is 5.80. The molecule has 0 aliphatic heterocycles. The van der Waals surface area contributed by atoms with Gasteiger partial charge in [0.25, 0.3) is 0 Å². The molecular formula is C17H15NO2. The fourth-order valence-electron chi connectivity index (χ4n) is 2.11. The third-order valence-electron chi connectivity index (χ3n) is 3.15. The molecule has 3 nitrogen and oxygen atoms in total. The Morgan fingerprint density at radius 1 is 1.00 bits per heavy atom. The third kappa shape index (κ3) is 2.57. The molecule has 2 aromatic carbocycles. The summed E-state index contributed by atoms with van der Waals surface area (Å²) in [5.74, 6) is 1.59. The lowest BCUT2D eigenvalue weighted by molar-refractivity contribution is 0.296. The van der Waals surface area contributed by atoms with E-state index in [1.807, 2.05) is 54.6 Å². The number of rotatable bonds is 4. The Kier molecular flexibility index (Phi) is 3.50. The molecule has 0 amide bonds. The van der Waals surface area contributed by atoms with Gasteiger partial charge in [0, 0.05) is 10.9 Å². The van der Waals surface area contributed by atoms with Gasteiger partial charge >= 0.3 is 0 Å². The highest BCUT2D eigenvalue weighted by Crippen LogP contribution is 2.22. The second-order valence-electron chi connectivity index (χ2n) is 4.46. The van der Waals surface area contributed by atoms with E-state index in [4.69, 9.17) is 9.47 Å². The lowest BCUT2D eigenvalue weighted by Gasteiger charge is -2.10. The third-order valence-corrected chi connectivity index (χ3v) is 3.15. The van der Waals surface area contributed by atoms with E-state index < -0.39 is 0 Å². The monoisotopic (exact) mass is 265 g/mol. The summed E-state index contributed by atoms with van der Waals surface area (Å²) in [6.07, 6.45) is 1.75. The highest BCUT2D eigenvalue weighted by molar-refractivity contribution is 5.79. The Hall–Kier alpha value is -2.55. The van der Waals surface area contributed by atoms with E-state index in [1.165, 1.54) is 0 Å². The molecule has 0 unspecified atom stereocenters. The number of benzene rings is 2. The number of para-hydroxylation sites is 2. The Labute approximate surface area is 117 Å². The number of methoxy groups -OCH3 is 1. The van der Waals surface area contributed by atoms with E-state index in [1.54, 1.807) is 13.3 Å². The van der Waals surface area contributed by atoms with Gasteiger partial charge in [-0.15, -0.1) is 0 Å². The lowest BCUT2D eigenvalue weighted by Crippen LogP contribution is -1.98. The summed E-state index contributed by atoms with van der Waals surface area (Å²) in [6, 6.07) is 17.8. The average molecular weight is 265 g/mol. The van der Waals surface area contributed by atoms with Crippen molar-refractivity contribution in [2.75, 3.05) is 7.11 Å². The Bertz CT molecular complexity index is 725. The zero-order chi connectivity index (χ0) is 13.8. The number of fused-ring (bicyclic) bond motifs is 1. The minimum Gasteiger partial charge on any atom is -0.496 e. The van der Waals surface area contributed by atoms with Crippen molar-refractivity contribution < 1.29 is 9.47 Å². The van der Waals surface area contributed by atoms with Crippen molar-refractivity contribution in [3.05, 3.63) is 66.4 Å². The second kappa shape index (κ2) is 5.61. The highest BCUT2D eigenvalue weighted by atomic mass is 16.5. The molecule has 0 aliphatic rings. The summed E-state index contributed by atoms with van der Waals surface area (Å²) in [5.41, 5.74) is 1.99. The highest BCUT2D eigenvalue weighted by Gasteiger charge is 2.03. The zero-order valence-corrected chi connectivity index (χ0v) is 11.2. The molecule has 0 saturated carbocycles. The van der Waals surface area contributed by atoms with Gasteiger partial charge < -0.3 is 9.47 Å². The van der Waals surface area contributed by atoms with E-state index in [9.17, 15) is 0 Å². The van der Waals surface area contributed by atoms with Crippen molar-refractivity contribution in [2.24, 2.45) is 0 Å². The van der Waals surface area contributed by atoms with Crippen LogP contribution in [-0.4, -0.2) is 12.1 Å². The van der Waals surface area contributed by atoms with Gasteiger partial charge in [0.1, 0.15) is 18.1 Å². The molecule has 3 heteroatoms. The molecule has 0 atom stereocenters. The van der Waals surface area contributed by atoms with Gasteiger partial charge in [-0.3, -0.25) is 4.98 Å². The molecule has 100 valence electrons. The van der Waals surface area contributed by atoms with Crippen LogP contribution in [0.5, 0.6) is 11.5 Å². The predicted octanol–water partition coefficient (Wildman–Crippen LogP) is 3.82. The van der Waals surface area contributed by atoms with Gasteiger partial charge in [0.05, 0.1) is 18.8 Å². The van der Waals surface area contributed by atoms with Gasteiger partial charge in [0.2, 0.25) is 0 Å². The second-order valence-corrected chi connectivity index (χ2v) is 4.46. The molecule has 1 heterocycles. The molecule has 0 aliphatic carbocycles. The van der Waals surface area contributed by atoms with Crippen LogP contribution in [0.15, 0.2) is 60.8 Å². The van der Waals surface area contributed by atoms with Crippen LogP contribution in [0.1, 0.15) is 5.56 Å². The molecule has 0 saturated heterocycles. The van der Waals surface area contributed by atoms with Crippen molar-refractivity contribution in [2.45, 2.75) is 6.61 Å². The molecule has 0 bridgehead atoms. The SMILES string of the molecule is COc1ccccc1COc1cnc2ccccc2c1. The van der Waals surface area contributed by atoms with Gasteiger partial charge in [-0.1, -0.05) is 36.4 Å². The number of ether oxygens (including phenoxy) is 2. The fourth-order valence-corrected chi connectivity index (χ4v) is 2.11. The Morgan fingerprint density at radius 3 is 2.70 bits per heavy atom. The van der Waals surface area contributed by atoms with Gasteiger partial charge in [-0.05, 0) is 18.2 Å². The maximum Gasteiger partial charge on any atom is 0.138 e. The molecular weight excluding hydrogens is 250 g/mol. The number of nitrogens with zero attached hydrogens (tertiary/aromatic N) is 1. The van der Waals surface area contributed by atoms with Gasteiger partial charge in [0.15, 0.2) is 0 Å². The number of hydrogen-bond donors (Lipinski definition) is 0. The molecule has 0 radical (unpaired) electrons. The maximum atomic E-state index is 5.80. The van der Waals surface area contributed by atoms with E-state index >= 15 is 0 Å². The first-order chi connectivity index (χ1) is 9.86. The molecule has 0 spiro atoms. The van der Waals surface area contributed by atoms with Crippen LogP contribution in [0.25, 0.3) is 10.9 Å².